The summed E-state index contributed by atoms with van der Waals surface area (Å²) in [6, 6.07) is 5.05. The van der Waals surface area contributed by atoms with Gasteiger partial charge in [-0.2, -0.15) is 0 Å². The van der Waals surface area contributed by atoms with E-state index in [1.165, 1.54) is 0 Å². The zero-order chi connectivity index (χ0) is 10.4. The normalized spacial score (nSPS) is 10.2. The highest BCUT2D eigenvalue weighted by Crippen LogP contribution is 2.17. The van der Waals surface area contributed by atoms with Gasteiger partial charge in [0.25, 0.3) is 0 Å². The molecule has 0 saturated carbocycles. The molecule has 0 amide bonds. The lowest BCUT2D eigenvalue weighted by Crippen LogP contribution is -2.02. The van der Waals surface area contributed by atoms with Gasteiger partial charge in [-0.05, 0) is 23.3 Å². The van der Waals surface area contributed by atoms with E-state index in [0.717, 1.165) is 0 Å². The quantitative estimate of drug-likeness (QED) is 0.625. The SMILES string of the molecule is OCCOc1cc(CO)cc(CO)c1. The monoisotopic (exact) mass is 198 g/mol. The molecule has 0 aliphatic carbocycles. The molecule has 0 radical (unpaired) electrons. The highest BCUT2D eigenvalue weighted by atomic mass is 16.5. The van der Waals surface area contributed by atoms with Crippen LogP contribution >= 0.6 is 0 Å². The lowest BCUT2D eigenvalue weighted by Gasteiger charge is -2.08. The number of aliphatic hydroxyl groups excluding tert-OH is 3. The van der Waals surface area contributed by atoms with Gasteiger partial charge in [0.2, 0.25) is 0 Å². The van der Waals surface area contributed by atoms with Gasteiger partial charge in [-0.1, -0.05) is 6.07 Å². The molecular weight excluding hydrogens is 184 g/mol. The summed E-state index contributed by atoms with van der Waals surface area (Å²) in [5.41, 5.74) is 1.37. The van der Waals surface area contributed by atoms with E-state index in [9.17, 15) is 0 Å². The highest BCUT2D eigenvalue weighted by molar-refractivity contribution is 5.33. The van der Waals surface area contributed by atoms with Crippen LogP contribution in [0.1, 0.15) is 11.1 Å². The molecule has 0 spiro atoms. The first-order chi connectivity index (χ1) is 6.80. The van der Waals surface area contributed by atoms with E-state index < -0.39 is 0 Å². The van der Waals surface area contributed by atoms with Gasteiger partial charge in [-0.25, -0.2) is 0 Å². The molecule has 0 aliphatic heterocycles. The second-order valence-corrected chi connectivity index (χ2v) is 2.87. The molecule has 1 rings (SSSR count). The summed E-state index contributed by atoms with van der Waals surface area (Å²) in [6.45, 7) is -0.0375. The second-order valence-electron chi connectivity index (χ2n) is 2.87. The topological polar surface area (TPSA) is 69.9 Å². The largest absolute Gasteiger partial charge is 0.491 e. The molecule has 0 atom stereocenters. The first-order valence-corrected chi connectivity index (χ1v) is 4.38. The average Bonchev–Trinajstić information content (AvgIpc) is 2.25. The Morgan fingerprint density at radius 3 is 1.93 bits per heavy atom. The zero-order valence-corrected chi connectivity index (χ0v) is 7.81. The fourth-order valence-electron chi connectivity index (χ4n) is 1.16. The van der Waals surface area contributed by atoms with Crippen molar-refractivity contribution < 1.29 is 20.1 Å². The van der Waals surface area contributed by atoms with Crippen LogP contribution in [0.3, 0.4) is 0 Å². The van der Waals surface area contributed by atoms with Gasteiger partial charge in [0.1, 0.15) is 12.4 Å². The predicted octanol–water partition coefficient (Wildman–Crippen LogP) is 0.0423. The first-order valence-electron chi connectivity index (χ1n) is 4.38. The number of ether oxygens (including phenoxy) is 1. The van der Waals surface area contributed by atoms with E-state index >= 15 is 0 Å². The van der Waals surface area contributed by atoms with Crippen molar-refractivity contribution in [3.63, 3.8) is 0 Å². The summed E-state index contributed by atoms with van der Waals surface area (Å²) in [7, 11) is 0. The van der Waals surface area contributed by atoms with Gasteiger partial charge in [-0.3, -0.25) is 0 Å². The minimum Gasteiger partial charge on any atom is -0.491 e. The van der Waals surface area contributed by atoms with Gasteiger partial charge in [-0.15, -0.1) is 0 Å². The molecule has 1 aromatic carbocycles. The molecule has 78 valence electrons. The second kappa shape index (κ2) is 5.59. The Hall–Kier alpha value is -1.10. The van der Waals surface area contributed by atoms with Crippen LogP contribution in [0.2, 0.25) is 0 Å². The molecule has 4 nitrogen and oxygen atoms in total. The summed E-state index contributed by atoms with van der Waals surface area (Å²) in [4.78, 5) is 0. The van der Waals surface area contributed by atoms with Crippen LogP contribution in [0.5, 0.6) is 5.75 Å². The number of rotatable bonds is 5. The third-order valence-electron chi connectivity index (χ3n) is 1.75. The van der Waals surface area contributed by atoms with Crippen LogP contribution < -0.4 is 4.74 Å². The molecule has 0 saturated heterocycles. The minimum atomic E-state index is -0.0939. The van der Waals surface area contributed by atoms with E-state index in [-0.39, 0.29) is 26.4 Å². The fraction of sp³-hybridized carbons (Fsp3) is 0.400. The average molecular weight is 198 g/mol. The summed E-state index contributed by atoms with van der Waals surface area (Å²) in [5.74, 6) is 0.551. The van der Waals surface area contributed by atoms with Crippen LogP contribution in [-0.2, 0) is 13.2 Å². The van der Waals surface area contributed by atoms with Crippen LogP contribution in [0.4, 0.5) is 0 Å². The number of aliphatic hydroxyl groups is 3. The van der Waals surface area contributed by atoms with Crippen molar-refractivity contribution in [3.05, 3.63) is 29.3 Å². The molecule has 0 bridgehead atoms. The van der Waals surface area contributed by atoms with Crippen molar-refractivity contribution in [2.75, 3.05) is 13.2 Å². The van der Waals surface area contributed by atoms with E-state index in [0.29, 0.717) is 16.9 Å². The molecule has 4 heteroatoms. The summed E-state index contributed by atoms with van der Waals surface area (Å²) in [5, 5.41) is 26.4. The standard InChI is InChI=1S/C10H14O4/c11-1-2-14-10-4-8(6-12)3-9(5-10)7-13/h3-5,11-13H,1-2,6-7H2. The molecule has 0 heterocycles. The van der Waals surface area contributed by atoms with Crippen molar-refractivity contribution >= 4 is 0 Å². The maximum Gasteiger partial charge on any atom is 0.120 e. The van der Waals surface area contributed by atoms with E-state index in [1.54, 1.807) is 18.2 Å². The smallest absolute Gasteiger partial charge is 0.120 e. The lowest BCUT2D eigenvalue weighted by molar-refractivity contribution is 0.200. The predicted molar refractivity (Wildman–Crippen MR) is 50.9 cm³/mol. The third-order valence-corrected chi connectivity index (χ3v) is 1.75. The van der Waals surface area contributed by atoms with Crippen molar-refractivity contribution in [2.45, 2.75) is 13.2 Å². The van der Waals surface area contributed by atoms with Gasteiger partial charge in [0.05, 0.1) is 19.8 Å². The Bertz CT molecular complexity index is 263. The maximum absolute atomic E-state index is 8.92. The van der Waals surface area contributed by atoms with Gasteiger partial charge in [0, 0.05) is 0 Å². The first kappa shape index (κ1) is 11.0. The minimum absolute atomic E-state index is 0.0577. The van der Waals surface area contributed by atoms with E-state index in [4.69, 9.17) is 20.1 Å². The molecule has 0 aromatic heterocycles. The lowest BCUT2D eigenvalue weighted by atomic mass is 10.1. The molecule has 14 heavy (non-hydrogen) atoms. The summed E-state index contributed by atoms with van der Waals surface area (Å²) < 4.78 is 5.17. The molecule has 1 aromatic rings. The van der Waals surface area contributed by atoms with Crippen LogP contribution in [0.25, 0.3) is 0 Å². The van der Waals surface area contributed by atoms with Crippen molar-refractivity contribution in [1.82, 2.24) is 0 Å². The van der Waals surface area contributed by atoms with E-state index in [1.807, 2.05) is 0 Å². The summed E-state index contributed by atoms with van der Waals surface area (Å²) in [6.07, 6.45) is 0. The van der Waals surface area contributed by atoms with Crippen LogP contribution in [-0.4, -0.2) is 28.5 Å². The van der Waals surface area contributed by atoms with Crippen molar-refractivity contribution in [3.8, 4) is 5.75 Å². The Morgan fingerprint density at radius 1 is 0.929 bits per heavy atom. The van der Waals surface area contributed by atoms with Crippen molar-refractivity contribution in [1.29, 1.82) is 0 Å². The van der Waals surface area contributed by atoms with Crippen LogP contribution in [0.15, 0.2) is 18.2 Å². The Labute approximate surface area is 82.4 Å². The molecule has 0 aliphatic rings. The third kappa shape index (κ3) is 2.99. The Kier molecular flexibility index (Phi) is 4.39. The van der Waals surface area contributed by atoms with Crippen LogP contribution in [0, 0.1) is 0 Å². The molecule has 0 fully saturated rings. The van der Waals surface area contributed by atoms with Gasteiger partial charge < -0.3 is 20.1 Å². The maximum atomic E-state index is 8.92. The van der Waals surface area contributed by atoms with E-state index in [2.05, 4.69) is 0 Å². The molecule has 0 unspecified atom stereocenters. The number of hydrogen-bond donors (Lipinski definition) is 3. The fourth-order valence-corrected chi connectivity index (χ4v) is 1.16. The Morgan fingerprint density at radius 2 is 1.50 bits per heavy atom. The van der Waals surface area contributed by atoms with Gasteiger partial charge in [0.15, 0.2) is 0 Å². The highest BCUT2D eigenvalue weighted by Gasteiger charge is 2.00. The number of hydrogen-bond acceptors (Lipinski definition) is 4. The summed E-state index contributed by atoms with van der Waals surface area (Å²) >= 11 is 0. The van der Waals surface area contributed by atoms with Gasteiger partial charge >= 0.3 is 0 Å². The Balaban J connectivity index is 2.81. The zero-order valence-electron chi connectivity index (χ0n) is 7.81. The number of benzene rings is 1. The molecular formula is C10H14O4. The van der Waals surface area contributed by atoms with Crippen molar-refractivity contribution in [2.24, 2.45) is 0 Å². The molecule has 3 N–H and O–H groups in total.